The summed E-state index contributed by atoms with van der Waals surface area (Å²) in [6.07, 6.45) is 0.459. The van der Waals surface area contributed by atoms with Gasteiger partial charge in [-0.05, 0) is 49.4 Å². The van der Waals surface area contributed by atoms with E-state index in [0.717, 1.165) is 30.0 Å². The minimum atomic E-state index is -1.17. The van der Waals surface area contributed by atoms with Gasteiger partial charge in [0, 0.05) is 24.0 Å². The van der Waals surface area contributed by atoms with Crippen LogP contribution in [0.4, 0.5) is 13.2 Å². The van der Waals surface area contributed by atoms with Crippen LogP contribution in [0.15, 0.2) is 41.5 Å². The number of rotatable bonds is 3. The van der Waals surface area contributed by atoms with Gasteiger partial charge in [-0.25, -0.2) is 18.2 Å². The van der Waals surface area contributed by atoms with E-state index in [4.69, 9.17) is 10.5 Å². The fraction of sp³-hybridized carbons (Fsp3) is 0.300. The topological polar surface area (TPSA) is 67.9 Å². The average molecular weight is 421 g/mol. The number of fused-ring (bicyclic) bond motifs is 2. The zero-order valence-electron chi connectivity index (χ0n) is 15.5. The molecule has 2 aromatic rings. The summed E-state index contributed by atoms with van der Waals surface area (Å²) in [6.45, 7) is 1.85. The SMILES string of the molecule is CC(=O)N1N=C(c2cc(F)ccc2F)S[C@]12c1cc(F)ccc1OC[C@@H]2CCN. The van der Waals surface area contributed by atoms with Gasteiger partial charge >= 0.3 is 0 Å². The lowest BCUT2D eigenvalue weighted by atomic mass is 9.86. The number of carbonyl (C=O) groups excluding carboxylic acids is 1. The summed E-state index contributed by atoms with van der Waals surface area (Å²) in [5.41, 5.74) is 6.14. The molecule has 0 unspecified atom stereocenters. The van der Waals surface area contributed by atoms with Gasteiger partial charge in [0.15, 0.2) is 4.87 Å². The third-order valence-corrected chi connectivity index (χ3v) is 6.58. The Bertz CT molecular complexity index is 1020. The summed E-state index contributed by atoms with van der Waals surface area (Å²) in [4.78, 5) is 11.4. The molecule has 4 rings (SSSR count). The number of halogens is 3. The van der Waals surface area contributed by atoms with Crippen LogP contribution < -0.4 is 10.5 Å². The maximum Gasteiger partial charge on any atom is 0.241 e. The van der Waals surface area contributed by atoms with Crippen molar-refractivity contribution in [3.8, 4) is 5.75 Å². The van der Waals surface area contributed by atoms with Crippen molar-refractivity contribution in [3.05, 3.63) is 65.0 Å². The van der Waals surface area contributed by atoms with Crippen molar-refractivity contribution < 1.29 is 22.7 Å². The molecule has 2 heterocycles. The Morgan fingerprint density at radius 3 is 2.72 bits per heavy atom. The van der Waals surface area contributed by atoms with Crippen LogP contribution in [0.1, 0.15) is 24.5 Å². The molecule has 2 aliphatic rings. The number of amides is 1. The van der Waals surface area contributed by atoms with Gasteiger partial charge in [0.1, 0.15) is 28.2 Å². The molecule has 1 spiro atoms. The molecule has 2 aliphatic heterocycles. The first-order chi connectivity index (χ1) is 13.9. The third-order valence-electron chi connectivity index (χ3n) is 5.05. The summed E-state index contributed by atoms with van der Waals surface area (Å²) in [7, 11) is 0. The summed E-state index contributed by atoms with van der Waals surface area (Å²) >= 11 is 1.09. The molecule has 29 heavy (non-hydrogen) atoms. The number of carbonyl (C=O) groups is 1. The van der Waals surface area contributed by atoms with Crippen molar-refractivity contribution in [2.24, 2.45) is 16.8 Å². The molecule has 0 aliphatic carbocycles. The third kappa shape index (κ3) is 3.18. The fourth-order valence-electron chi connectivity index (χ4n) is 3.79. The van der Waals surface area contributed by atoms with Gasteiger partial charge < -0.3 is 10.5 Å². The Labute approximate surface area is 169 Å². The van der Waals surface area contributed by atoms with E-state index in [1.807, 2.05) is 0 Å². The Morgan fingerprint density at radius 1 is 1.28 bits per heavy atom. The maximum absolute atomic E-state index is 14.4. The van der Waals surface area contributed by atoms with Gasteiger partial charge in [-0.3, -0.25) is 4.79 Å². The molecule has 1 amide bonds. The molecule has 2 atom stereocenters. The summed E-state index contributed by atoms with van der Waals surface area (Å²) in [5, 5.41) is 5.69. The highest BCUT2D eigenvalue weighted by atomic mass is 32.2. The normalized spacial score (nSPS) is 23.0. The van der Waals surface area contributed by atoms with Crippen LogP contribution in [0, 0.1) is 23.4 Å². The Balaban J connectivity index is 1.91. The lowest BCUT2D eigenvalue weighted by molar-refractivity contribution is -0.134. The van der Waals surface area contributed by atoms with E-state index in [2.05, 4.69) is 5.10 Å². The van der Waals surface area contributed by atoms with Crippen molar-refractivity contribution in [2.45, 2.75) is 18.2 Å². The lowest BCUT2D eigenvalue weighted by Crippen LogP contribution is -2.51. The lowest BCUT2D eigenvalue weighted by Gasteiger charge is -2.45. The first-order valence-electron chi connectivity index (χ1n) is 9.03. The molecule has 0 saturated heterocycles. The molecule has 0 fully saturated rings. The number of hydrogen-bond donors (Lipinski definition) is 1. The number of thioether (sulfide) groups is 1. The quantitative estimate of drug-likeness (QED) is 0.823. The zero-order chi connectivity index (χ0) is 20.8. The number of hydrazone groups is 1. The second-order valence-corrected chi connectivity index (χ2v) is 8.10. The van der Waals surface area contributed by atoms with Gasteiger partial charge in [-0.2, -0.15) is 5.10 Å². The molecular weight excluding hydrogens is 403 g/mol. The molecule has 9 heteroatoms. The van der Waals surface area contributed by atoms with E-state index in [1.54, 1.807) is 0 Å². The second kappa shape index (κ2) is 7.38. The second-order valence-electron chi connectivity index (χ2n) is 6.88. The fourth-order valence-corrected chi connectivity index (χ4v) is 5.35. The molecule has 2 aromatic carbocycles. The molecular formula is C20H18F3N3O2S. The van der Waals surface area contributed by atoms with Crippen LogP contribution >= 0.6 is 11.8 Å². The first kappa shape index (κ1) is 19.8. The van der Waals surface area contributed by atoms with E-state index in [-0.39, 0.29) is 23.1 Å². The van der Waals surface area contributed by atoms with Crippen molar-refractivity contribution >= 4 is 22.7 Å². The molecule has 0 saturated carbocycles. The maximum atomic E-state index is 14.4. The van der Waals surface area contributed by atoms with Gasteiger partial charge in [0.25, 0.3) is 0 Å². The Morgan fingerprint density at radius 2 is 2.00 bits per heavy atom. The van der Waals surface area contributed by atoms with Crippen LogP contribution in [-0.2, 0) is 9.67 Å². The number of nitrogens with two attached hydrogens (primary N) is 1. The summed E-state index contributed by atoms with van der Waals surface area (Å²) < 4.78 is 48.2. The van der Waals surface area contributed by atoms with Crippen LogP contribution in [0.3, 0.4) is 0 Å². The van der Waals surface area contributed by atoms with Gasteiger partial charge in [0.2, 0.25) is 5.91 Å². The van der Waals surface area contributed by atoms with E-state index in [0.29, 0.717) is 24.3 Å². The van der Waals surface area contributed by atoms with Crippen LogP contribution in [0.25, 0.3) is 0 Å². The highest BCUT2D eigenvalue weighted by Crippen LogP contribution is 2.57. The minimum Gasteiger partial charge on any atom is -0.493 e. The summed E-state index contributed by atoms with van der Waals surface area (Å²) in [5.74, 6) is -2.14. The standard InChI is InChI=1S/C20H18F3N3O2S/c1-11(27)26-20(29-19(25-26)15-8-13(21)2-4-17(15)23)12(6-7-24)10-28-18-5-3-14(22)9-16(18)20/h2-5,8-9,12H,6-7,10,24H2,1H3/t12-,20+/m0/s1. The predicted molar refractivity (Wildman–Crippen MR) is 104 cm³/mol. The van der Waals surface area contributed by atoms with Gasteiger partial charge in [-0.15, -0.1) is 0 Å². The van der Waals surface area contributed by atoms with Gasteiger partial charge in [0.05, 0.1) is 6.61 Å². The number of ether oxygens (including phenoxy) is 1. The van der Waals surface area contributed by atoms with E-state index in [1.165, 1.54) is 30.1 Å². The van der Waals surface area contributed by atoms with E-state index >= 15 is 0 Å². The predicted octanol–water partition coefficient (Wildman–Crippen LogP) is 3.57. The van der Waals surface area contributed by atoms with Crippen LogP contribution in [-0.4, -0.2) is 29.1 Å². The molecule has 0 radical (unpaired) electrons. The van der Waals surface area contributed by atoms with Crippen LogP contribution in [0.5, 0.6) is 5.75 Å². The molecule has 0 aromatic heterocycles. The zero-order valence-corrected chi connectivity index (χ0v) is 16.3. The summed E-state index contributed by atoms with van der Waals surface area (Å²) in [6, 6.07) is 7.09. The smallest absolute Gasteiger partial charge is 0.241 e. The monoisotopic (exact) mass is 421 g/mol. The largest absolute Gasteiger partial charge is 0.493 e. The van der Waals surface area contributed by atoms with Crippen molar-refractivity contribution in [1.82, 2.24) is 5.01 Å². The number of benzene rings is 2. The molecule has 152 valence electrons. The Kier molecular flexibility index (Phi) is 5.04. The van der Waals surface area contributed by atoms with E-state index in [9.17, 15) is 18.0 Å². The highest BCUT2D eigenvalue weighted by Gasteiger charge is 2.56. The van der Waals surface area contributed by atoms with Crippen LogP contribution in [0.2, 0.25) is 0 Å². The van der Waals surface area contributed by atoms with Crippen molar-refractivity contribution in [2.75, 3.05) is 13.2 Å². The van der Waals surface area contributed by atoms with E-state index < -0.39 is 28.2 Å². The molecule has 5 nitrogen and oxygen atoms in total. The number of hydrogen-bond acceptors (Lipinski definition) is 5. The van der Waals surface area contributed by atoms with Crippen molar-refractivity contribution in [1.29, 1.82) is 0 Å². The first-order valence-corrected chi connectivity index (χ1v) is 9.85. The molecule has 0 bridgehead atoms. The number of nitrogens with zero attached hydrogens (tertiary/aromatic N) is 2. The van der Waals surface area contributed by atoms with Crippen molar-refractivity contribution in [3.63, 3.8) is 0 Å². The molecule has 2 N–H and O–H groups in total. The highest BCUT2D eigenvalue weighted by molar-refractivity contribution is 8.15. The Hall–Kier alpha value is -2.52. The average Bonchev–Trinajstić information content (AvgIpc) is 3.08. The van der Waals surface area contributed by atoms with Gasteiger partial charge in [-0.1, -0.05) is 11.8 Å². The minimum absolute atomic E-state index is 0.0610.